The fourth-order valence-corrected chi connectivity index (χ4v) is 5.95. The van der Waals surface area contributed by atoms with Gasteiger partial charge >= 0.3 is 6.18 Å². The first kappa shape index (κ1) is 23.4. The van der Waals surface area contributed by atoms with E-state index in [0.29, 0.717) is 12.2 Å². The number of hydrogen-bond donors (Lipinski definition) is 0. The number of alkyl halides is 3. The van der Waals surface area contributed by atoms with E-state index in [4.69, 9.17) is 11.6 Å². The number of rotatable bonds is 5. The number of fused-ring (bicyclic) bond motifs is 2. The number of benzene rings is 3. The molecule has 178 valence electrons. The number of nitrogens with zero attached hydrogens (tertiary/aromatic N) is 3. The molecule has 2 heterocycles. The Balaban J connectivity index is 1.26. The van der Waals surface area contributed by atoms with Gasteiger partial charge in [-0.25, -0.2) is 0 Å². The van der Waals surface area contributed by atoms with E-state index in [1.807, 2.05) is 42.5 Å². The Morgan fingerprint density at radius 1 is 0.765 bits per heavy atom. The first-order valence-corrected chi connectivity index (χ1v) is 12.6. The molecule has 0 unspecified atom stereocenters. The molecule has 8 heteroatoms. The van der Waals surface area contributed by atoms with Gasteiger partial charge in [0.2, 0.25) is 0 Å². The van der Waals surface area contributed by atoms with Gasteiger partial charge in [-0.3, -0.25) is 4.90 Å². The van der Waals surface area contributed by atoms with Crippen LogP contribution in [0.3, 0.4) is 0 Å². The predicted molar refractivity (Wildman–Crippen MR) is 134 cm³/mol. The maximum Gasteiger partial charge on any atom is 0.416 e. The smallest absolute Gasteiger partial charge is 0.368 e. The molecule has 1 saturated heterocycles. The third-order valence-electron chi connectivity index (χ3n) is 6.37. The van der Waals surface area contributed by atoms with Crippen molar-refractivity contribution < 1.29 is 13.2 Å². The second-order valence-electron chi connectivity index (χ2n) is 8.54. The van der Waals surface area contributed by atoms with Crippen molar-refractivity contribution in [1.29, 1.82) is 0 Å². The van der Waals surface area contributed by atoms with Crippen molar-refractivity contribution >= 4 is 40.4 Å². The molecule has 2 aliphatic heterocycles. The predicted octanol–water partition coefficient (Wildman–Crippen LogP) is 7.17. The van der Waals surface area contributed by atoms with Crippen LogP contribution in [0.1, 0.15) is 12.0 Å². The van der Waals surface area contributed by atoms with Crippen LogP contribution in [0.2, 0.25) is 5.02 Å². The molecule has 0 aromatic heterocycles. The highest BCUT2D eigenvalue weighted by Gasteiger charge is 2.33. The molecular formula is C26H25ClF3N3S. The lowest BCUT2D eigenvalue weighted by Crippen LogP contribution is -2.47. The van der Waals surface area contributed by atoms with Gasteiger partial charge in [-0.1, -0.05) is 47.6 Å². The van der Waals surface area contributed by atoms with E-state index in [9.17, 15) is 13.2 Å². The molecule has 0 atom stereocenters. The molecule has 0 bridgehead atoms. The Labute approximate surface area is 207 Å². The molecule has 5 rings (SSSR count). The summed E-state index contributed by atoms with van der Waals surface area (Å²) in [7, 11) is 0. The van der Waals surface area contributed by atoms with Crippen LogP contribution >= 0.6 is 23.4 Å². The zero-order valence-corrected chi connectivity index (χ0v) is 20.1. The van der Waals surface area contributed by atoms with Crippen molar-refractivity contribution in [3.05, 3.63) is 77.3 Å². The summed E-state index contributed by atoms with van der Waals surface area (Å²) in [5.41, 5.74) is 2.08. The van der Waals surface area contributed by atoms with E-state index in [-0.39, 0.29) is 0 Å². The molecule has 0 N–H and O–H groups in total. The maximum atomic E-state index is 13.4. The average molecular weight is 504 g/mol. The Hall–Kier alpha value is -2.35. The molecule has 1 fully saturated rings. The molecule has 0 saturated carbocycles. The molecule has 34 heavy (non-hydrogen) atoms. The molecule has 3 aromatic rings. The van der Waals surface area contributed by atoms with Crippen molar-refractivity contribution in [1.82, 2.24) is 4.90 Å². The van der Waals surface area contributed by atoms with Gasteiger partial charge in [0, 0.05) is 42.5 Å². The van der Waals surface area contributed by atoms with Crippen LogP contribution in [-0.2, 0) is 6.18 Å². The van der Waals surface area contributed by atoms with E-state index in [0.717, 1.165) is 65.3 Å². The number of para-hydroxylation sites is 2. The van der Waals surface area contributed by atoms with Crippen molar-refractivity contribution in [3.8, 4) is 0 Å². The minimum atomic E-state index is -4.36. The lowest BCUT2D eigenvalue weighted by molar-refractivity contribution is -0.137. The largest absolute Gasteiger partial charge is 0.416 e. The topological polar surface area (TPSA) is 9.72 Å². The molecular weight excluding hydrogens is 479 g/mol. The van der Waals surface area contributed by atoms with Crippen LogP contribution in [-0.4, -0.2) is 44.2 Å². The number of halogens is 4. The van der Waals surface area contributed by atoms with Crippen molar-refractivity contribution in [3.63, 3.8) is 0 Å². The van der Waals surface area contributed by atoms with E-state index in [2.05, 4.69) is 20.8 Å². The first-order chi connectivity index (χ1) is 16.4. The summed E-state index contributed by atoms with van der Waals surface area (Å²) in [5.74, 6) is 0. The summed E-state index contributed by atoms with van der Waals surface area (Å²) in [5, 5.41) is 0.773. The van der Waals surface area contributed by atoms with Crippen LogP contribution in [0.15, 0.2) is 76.5 Å². The van der Waals surface area contributed by atoms with Crippen LogP contribution in [0, 0.1) is 0 Å². The van der Waals surface area contributed by atoms with Gasteiger partial charge in [-0.15, -0.1) is 0 Å². The number of anilines is 3. The standard InChI is InChI=1S/C26H25ClF3N3S/c27-20-6-1-2-7-21(20)32-16-14-31(15-17-32)12-5-13-33-22-8-3-4-9-24(22)34-25-11-10-19(18-23(25)33)26(28,29)30/h1-4,6-11,18H,5,12-17H2. The summed E-state index contributed by atoms with van der Waals surface area (Å²) in [6, 6.07) is 19.9. The zero-order chi connectivity index (χ0) is 23.7. The molecule has 2 aliphatic rings. The molecule has 0 aliphatic carbocycles. The van der Waals surface area contributed by atoms with Gasteiger partial charge < -0.3 is 9.80 Å². The summed E-state index contributed by atoms with van der Waals surface area (Å²) in [4.78, 5) is 8.72. The van der Waals surface area contributed by atoms with Gasteiger partial charge in [0.15, 0.2) is 0 Å². The van der Waals surface area contributed by atoms with Crippen LogP contribution < -0.4 is 9.80 Å². The Bertz CT molecular complexity index is 1160. The average Bonchev–Trinajstić information content (AvgIpc) is 2.83. The number of hydrogen-bond acceptors (Lipinski definition) is 4. The molecule has 3 nitrogen and oxygen atoms in total. The van der Waals surface area contributed by atoms with Crippen molar-refractivity contribution in [2.45, 2.75) is 22.4 Å². The van der Waals surface area contributed by atoms with E-state index < -0.39 is 11.7 Å². The molecule has 0 radical (unpaired) electrons. The van der Waals surface area contributed by atoms with Gasteiger partial charge in [-0.2, -0.15) is 13.2 Å². The highest BCUT2D eigenvalue weighted by molar-refractivity contribution is 7.99. The summed E-state index contributed by atoms with van der Waals surface area (Å²) >= 11 is 7.88. The van der Waals surface area contributed by atoms with Crippen molar-refractivity contribution in [2.75, 3.05) is 49.1 Å². The monoisotopic (exact) mass is 503 g/mol. The minimum Gasteiger partial charge on any atom is -0.368 e. The summed E-state index contributed by atoms with van der Waals surface area (Å²) in [6.45, 7) is 5.25. The van der Waals surface area contributed by atoms with Crippen molar-refractivity contribution in [2.24, 2.45) is 0 Å². The first-order valence-electron chi connectivity index (χ1n) is 11.4. The van der Waals surface area contributed by atoms with E-state index >= 15 is 0 Å². The third-order valence-corrected chi connectivity index (χ3v) is 7.82. The minimum absolute atomic E-state index is 0.605. The van der Waals surface area contributed by atoms with Gasteiger partial charge in [-0.05, 0) is 55.4 Å². The van der Waals surface area contributed by atoms with E-state index in [1.54, 1.807) is 6.07 Å². The van der Waals surface area contributed by atoms with Gasteiger partial charge in [0.1, 0.15) is 0 Å². The SMILES string of the molecule is FC(F)(F)c1ccc2c(c1)N(CCCN1CCN(c3ccccc3Cl)CC1)c1ccccc1S2. The Morgan fingerprint density at radius 3 is 2.18 bits per heavy atom. The van der Waals surface area contributed by atoms with E-state index in [1.165, 1.54) is 23.9 Å². The van der Waals surface area contributed by atoms with Crippen LogP contribution in [0.25, 0.3) is 0 Å². The fourth-order valence-electron chi connectivity index (χ4n) is 4.62. The molecule has 3 aromatic carbocycles. The van der Waals surface area contributed by atoms with Gasteiger partial charge in [0.05, 0.1) is 27.6 Å². The summed E-state index contributed by atoms with van der Waals surface area (Å²) in [6.07, 6.45) is -3.50. The highest BCUT2D eigenvalue weighted by Crippen LogP contribution is 2.49. The molecule has 0 spiro atoms. The summed E-state index contributed by atoms with van der Waals surface area (Å²) < 4.78 is 40.2. The second-order valence-corrected chi connectivity index (χ2v) is 10.0. The number of piperazine rings is 1. The highest BCUT2D eigenvalue weighted by atomic mass is 35.5. The second kappa shape index (κ2) is 9.72. The maximum absolute atomic E-state index is 13.4. The van der Waals surface area contributed by atoms with Crippen LogP contribution in [0.4, 0.5) is 30.2 Å². The Kier molecular flexibility index (Phi) is 6.69. The lowest BCUT2D eigenvalue weighted by Gasteiger charge is -2.37. The molecule has 0 amide bonds. The lowest BCUT2D eigenvalue weighted by atomic mass is 10.1. The quantitative estimate of drug-likeness (QED) is 0.365. The third kappa shape index (κ3) is 4.88. The van der Waals surface area contributed by atoms with Crippen LogP contribution in [0.5, 0.6) is 0 Å². The normalized spacial score (nSPS) is 16.4. The van der Waals surface area contributed by atoms with Gasteiger partial charge in [0.25, 0.3) is 0 Å². The fraction of sp³-hybridized carbons (Fsp3) is 0.308. The Morgan fingerprint density at radius 2 is 1.44 bits per heavy atom. The zero-order valence-electron chi connectivity index (χ0n) is 18.6.